The van der Waals surface area contributed by atoms with E-state index >= 15 is 0 Å². The van der Waals surface area contributed by atoms with Gasteiger partial charge in [0, 0.05) is 9.58 Å². The number of fused-ring (bicyclic) bond motifs is 1. The van der Waals surface area contributed by atoms with Crippen LogP contribution in [0.4, 0.5) is 4.39 Å². The topological polar surface area (TPSA) is 26.0 Å². The molecule has 2 N–H and O–H groups in total. The van der Waals surface area contributed by atoms with E-state index in [1.165, 1.54) is 22.2 Å². The Morgan fingerprint density at radius 1 is 1.00 bits per heavy atom. The highest BCUT2D eigenvalue weighted by molar-refractivity contribution is 7.19. The minimum Gasteiger partial charge on any atom is -0.320 e. The van der Waals surface area contributed by atoms with Gasteiger partial charge in [-0.15, -0.1) is 11.3 Å². The molecule has 0 spiro atoms. The number of rotatable bonds is 2. The third kappa shape index (κ3) is 2.03. The molecule has 0 radical (unpaired) electrons. The Bertz CT molecular complexity index is 657. The van der Waals surface area contributed by atoms with Crippen molar-refractivity contribution < 1.29 is 4.39 Å². The molecule has 0 aliphatic carbocycles. The SMILES string of the molecule is NC(c1cccc(F)c1)c1cc2ccccc2s1. The Kier molecular flexibility index (Phi) is 2.86. The van der Waals surface area contributed by atoms with Crippen molar-refractivity contribution in [3.8, 4) is 0 Å². The van der Waals surface area contributed by atoms with Gasteiger partial charge in [-0.05, 0) is 35.2 Å². The molecule has 0 bridgehead atoms. The summed E-state index contributed by atoms with van der Waals surface area (Å²) in [6.45, 7) is 0. The molecule has 3 rings (SSSR count). The molecule has 0 aliphatic heterocycles. The van der Waals surface area contributed by atoms with E-state index in [0.717, 1.165) is 10.4 Å². The smallest absolute Gasteiger partial charge is 0.123 e. The van der Waals surface area contributed by atoms with Gasteiger partial charge < -0.3 is 5.73 Å². The van der Waals surface area contributed by atoms with Gasteiger partial charge in [0.2, 0.25) is 0 Å². The van der Waals surface area contributed by atoms with Gasteiger partial charge in [-0.3, -0.25) is 0 Å². The van der Waals surface area contributed by atoms with Crippen molar-refractivity contribution in [2.45, 2.75) is 6.04 Å². The summed E-state index contributed by atoms with van der Waals surface area (Å²) in [4.78, 5) is 1.06. The fourth-order valence-corrected chi connectivity index (χ4v) is 3.11. The summed E-state index contributed by atoms with van der Waals surface area (Å²) in [7, 11) is 0. The van der Waals surface area contributed by atoms with E-state index in [9.17, 15) is 4.39 Å². The van der Waals surface area contributed by atoms with Gasteiger partial charge in [0.25, 0.3) is 0 Å². The fourth-order valence-electron chi connectivity index (χ4n) is 2.02. The summed E-state index contributed by atoms with van der Waals surface area (Å²) in [6, 6.07) is 16.4. The highest BCUT2D eigenvalue weighted by atomic mass is 32.1. The molecule has 1 heterocycles. The van der Waals surface area contributed by atoms with Crippen molar-refractivity contribution in [3.05, 3.63) is 70.9 Å². The molecule has 0 amide bonds. The number of benzene rings is 2. The first-order valence-electron chi connectivity index (χ1n) is 5.73. The lowest BCUT2D eigenvalue weighted by molar-refractivity contribution is 0.624. The predicted molar refractivity (Wildman–Crippen MR) is 74.3 cm³/mol. The molecule has 0 fully saturated rings. The van der Waals surface area contributed by atoms with Crippen LogP contribution in [0.5, 0.6) is 0 Å². The number of hydrogen-bond donors (Lipinski definition) is 1. The monoisotopic (exact) mass is 257 g/mol. The van der Waals surface area contributed by atoms with Gasteiger partial charge in [-0.25, -0.2) is 4.39 Å². The van der Waals surface area contributed by atoms with E-state index in [-0.39, 0.29) is 11.9 Å². The molecule has 1 unspecified atom stereocenters. The van der Waals surface area contributed by atoms with Crippen LogP contribution in [0.1, 0.15) is 16.5 Å². The Labute approximate surface area is 109 Å². The minimum absolute atomic E-state index is 0.246. The second kappa shape index (κ2) is 4.52. The van der Waals surface area contributed by atoms with Crippen LogP contribution in [0.3, 0.4) is 0 Å². The largest absolute Gasteiger partial charge is 0.320 e. The first-order chi connectivity index (χ1) is 8.74. The van der Waals surface area contributed by atoms with Crippen LogP contribution in [-0.2, 0) is 0 Å². The number of hydrogen-bond acceptors (Lipinski definition) is 2. The van der Waals surface area contributed by atoms with Crippen molar-refractivity contribution in [1.82, 2.24) is 0 Å². The maximum atomic E-state index is 13.2. The third-order valence-corrected chi connectivity index (χ3v) is 4.16. The zero-order valence-electron chi connectivity index (χ0n) is 9.64. The Balaban J connectivity index is 2.03. The number of thiophene rings is 1. The molecular weight excluding hydrogens is 245 g/mol. The second-order valence-corrected chi connectivity index (χ2v) is 5.33. The van der Waals surface area contributed by atoms with E-state index in [1.54, 1.807) is 17.4 Å². The molecule has 90 valence electrons. The van der Waals surface area contributed by atoms with E-state index < -0.39 is 0 Å². The molecule has 0 aliphatic rings. The molecular formula is C15H12FNS. The summed E-state index contributed by atoms with van der Waals surface area (Å²) in [5.41, 5.74) is 7.00. The van der Waals surface area contributed by atoms with Gasteiger partial charge in [0.05, 0.1) is 6.04 Å². The van der Waals surface area contributed by atoms with Crippen LogP contribution in [0.25, 0.3) is 10.1 Å². The van der Waals surface area contributed by atoms with Crippen molar-refractivity contribution >= 4 is 21.4 Å². The maximum absolute atomic E-state index is 13.2. The molecule has 18 heavy (non-hydrogen) atoms. The fraction of sp³-hybridized carbons (Fsp3) is 0.0667. The van der Waals surface area contributed by atoms with Gasteiger partial charge in [0.1, 0.15) is 5.82 Å². The van der Waals surface area contributed by atoms with Crippen molar-refractivity contribution in [1.29, 1.82) is 0 Å². The number of nitrogens with two attached hydrogens (primary N) is 1. The van der Waals surface area contributed by atoms with Crippen molar-refractivity contribution in [3.63, 3.8) is 0 Å². The zero-order valence-corrected chi connectivity index (χ0v) is 10.5. The van der Waals surface area contributed by atoms with Crippen LogP contribution in [0.2, 0.25) is 0 Å². The maximum Gasteiger partial charge on any atom is 0.123 e. The first kappa shape index (κ1) is 11.4. The molecule has 1 aromatic heterocycles. The van der Waals surface area contributed by atoms with Gasteiger partial charge in [-0.1, -0.05) is 30.3 Å². The summed E-state index contributed by atoms with van der Waals surface area (Å²) in [5.74, 6) is -0.246. The van der Waals surface area contributed by atoms with Crippen molar-refractivity contribution in [2.75, 3.05) is 0 Å². The summed E-state index contributed by atoms with van der Waals surface area (Å²) in [6.07, 6.45) is 0. The molecule has 3 heteroatoms. The minimum atomic E-state index is -0.266. The molecule has 0 saturated heterocycles. The lowest BCUT2D eigenvalue weighted by Gasteiger charge is -2.09. The van der Waals surface area contributed by atoms with E-state index in [1.807, 2.05) is 18.2 Å². The van der Waals surface area contributed by atoms with E-state index in [4.69, 9.17) is 5.73 Å². The number of halogens is 1. The highest BCUT2D eigenvalue weighted by Crippen LogP contribution is 2.31. The molecule has 1 nitrogen and oxygen atoms in total. The third-order valence-electron chi connectivity index (χ3n) is 2.96. The summed E-state index contributed by atoms with van der Waals surface area (Å²) < 4.78 is 14.4. The second-order valence-electron chi connectivity index (χ2n) is 4.22. The predicted octanol–water partition coefficient (Wildman–Crippen LogP) is 4.09. The van der Waals surface area contributed by atoms with Crippen molar-refractivity contribution in [2.24, 2.45) is 5.73 Å². The van der Waals surface area contributed by atoms with Crippen LogP contribution in [0.15, 0.2) is 54.6 Å². The van der Waals surface area contributed by atoms with Crippen LogP contribution < -0.4 is 5.73 Å². The van der Waals surface area contributed by atoms with Gasteiger partial charge in [-0.2, -0.15) is 0 Å². The lowest BCUT2D eigenvalue weighted by Crippen LogP contribution is -2.10. The average Bonchev–Trinajstić information content (AvgIpc) is 2.81. The van der Waals surface area contributed by atoms with E-state index in [0.29, 0.717) is 0 Å². The Morgan fingerprint density at radius 2 is 1.83 bits per heavy atom. The first-order valence-corrected chi connectivity index (χ1v) is 6.55. The molecule has 0 saturated carbocycles. The van der Waals surface area contributed by atoms with Crippen LogP contribution >= 0.6 is 11.3 Å². The zero-order chi connectivity index (χ0) is 12.5. The Morgan fingerprint density at radius 3 is 2.61 bits per heavy atom. The van der Waals surface area contributed by atoms with E-state index in [2.05, 4.69) is 18.2 Å². The molecule has 2 aromatic carbocycles. The van der Waals surface area contributed by atoms with Crippen LogP contribution in [-0.4, -0.2) is 0 Å². The summed E-state index contributed by atoms with van der Waals surface area (Å²) in [5, 5.41) is 1.18. The molecule has 3 aromatic rings. The summed E-state index contributed by atoms with van der Waals surface area (Å²) >= 11 is 1.66. The standard InChI is InChI=1S/C15H12FNS/c16-12-6-3-5-11(8-12)15(17)14-9-10-4-1-2-7-13(10)18-14/h1-9,15H,17H2. The van der Waals surface area contributed by atoms with Crippen LogP contribution in [0, 0.1) is 5.82 Å². The van der Waals surface area contributed by atoms with Gasteiger partial charge >= 0.3 is 0 Å². The normalized spacial score (nSPS) is 12.8. The highest BCUT2D eigenvalue weighted by Gasteiger charge is 2.12. The van der Waals surface area contributed by atoms with Gasteiger partial charge in [0.15, 0.2) is 0 Å². The molecule has 1 atom stereocenters. The Hall–Kier alpha value is -1.71. The average molecular weight is 257 g/mol. The quantitative estimate of drug-likeness (QED) is 0.735. The lowest BCUT2D eigenvalue weighted by atomic mass is 10.1.